The van der Waals surface area contributed by atoms with Crippen LogP contribution in [0.1, 0.15) is 6.92 Å². The first-order valence-corrected chi connectivity index (χ1v) is 10.8. The lowest BCUT2D eigenvalue weighted by molar-refractivity contribution is -0.115. The molecule has 3 aromatic rings. The molecular weight excluding hydrogens is 398 g/mol. The van der Waals surface area contributed by atoms with Gasteiger partial charge in [-0.05, 0) is 31.2 Å². The van der Waals surface area contributed by atoms with Crippen LogP contribution in [0.3, 0.4) is 0 Å². The Balaban J connectivity index is 1.37. The van der Waals surface area contributed by atoms with Crippen LogP contribution >= 0.6 is 11.8 Å². The van der Waals surface area contributed by atoms with Gasteiger partial charge in [-0.1, -0.05) is 42.1 Å². The van der Waals surface area contributed by atoms with Gasteiger partial charge in [0.15, 0.2) is 11.0 Å². The maximum absolute atomic E-state index is 12.7. The van der Waals surface area contributed by atoms with E-state index in [-0.39, 0.29) is 11.2 Å². The maximum atomic E-state index is 12.7. The third kappa shape index (κ3) is 4.66. The topological polar surface area (TPSA) is 72.3 Å². The SMILES string of the molecule is C[C@@H](Sc1nnc(-c2ccccc2)n1C)C(=O)Nc1ccc(N2CCOCC2)cc1. The summed E-state index contributed by atoms with van der Waals surface area (Å²) in [6.07, 6.45) is 0. The molecule has 0 bridgehead atoms. The van der Waals surface area contributed by atoms with E-state index in [0.717, 1.165) is 49.1 Å². The fourth-order valence-corrected chi connectivity index (χ4v) is 4.10. The molecule has 0 radical (unpaired) electrons. The predicted molar refractivity (Wildman–Crippen MR) is 120 cm³/mol. The summed E-state index contributed by atoms with van der Waals surface area (Å²) in [7, 11) is 1.92. The van der Waals surface area contributed by atoms with Crippen molar-refractivity contribution < 1.29 is 9.53 Å². The molecule has 1 fully saturated rings. The minimum Gasteiger partial charge on any atom is -0.378 e. The third-order valence-electron chi connectivity index (χ3n) is 5.03. The molecule has 1 N–H and O–H groups in total. The van der Waals surface area contributed by atoms with E-state index < -0.39 is 0 Å². The second-order valence-corrected chi connectivity index (χ2v) is 8.43. The fourth-order valence-electron chi connectivity index (χ4n) is 3.29. The smallest absolute Gasteiger partial charge is 0.237 e. The van der Waals surface area contributed by atoms with Gasteiger partial charge in [0.1, 0.15) is 0 Å². The predicted octanol–water partition coefficient (Wildman–Crippen LogP) is 3.44. The minimum absolute atomic E-state index is 0.0663. The molecular formula is C22H25N5O2S. The van der Waals surface area contributed by atoms with Crippen LogP contribution in [0.5, 0.6) is 0 Å². The number of anilines is 2. The van der Waals surface area contributed by atoms with Gasteiger partial charge >= 0.3 is 0 Å². The molecule has 0 spiro atoms. The molecule has 0 aliphatic carbocycles. The standard InChI is InChI=1S/C22H25N5O2S/c1-16(30-22-25-24-20(26(22)2)17-6-4-3-5-7-17)21(28)23-18-8-10-19(11-9-18)27-12-14-29-15-13-27/h3-11,16H,12-15H2,1-2H3,(H,23,28)/t16-/m1/s1. The number of hydrogen-bond acceptors (Lipinski definition) is 6. The Labute approximate surface area is 180 Å². The van der Waals surface area contributed by atoms with E-state index >= 15 is 0 Å². The lowest BCUT2D eigenvalue weighted by Gasteiger charge is -2.28. The Kier molecular flexibility index (Phi) is 6.35. The number of ether oxygens (including phenoxy) is 1. The number of nitrogens with zero attached hydrogens (tertiary/aromatic N) is 4. The Hall–Kier alpha value is -2.84. The highest BCUT2D eigenvalue weighted by atomic mass is 32.2. The number of thioether (sulfide) groups is 1. The lowest BCUT2D eigenvalue weighted by atomic mass is 10.2. The summed E-state index contributed by atoms with van der Waals surface area (Å²) in [6, 6.07) is 17.8. The first kappa shape index (κ1) is 20.4. The quantitative estimate of drug-likeness (QED) is 0.613. The Bertz CT molecular complexity index is 985. The first-order chi connectivity index (χ1) is 14.6. The van der Waals surface area contributed by atoms with Gasteiger partial charge in [0, 0.05) is 37.1 Å². The molecule has 1 aromatic heterocycles. The Morgan fingerprint density at radius 1 is 1.07 bits per heavy atom. The number of carbonyl (C=O) groups excluding carboxylic acids is 1. The van der Waals surface area contributed by atoms with Crippen molar-refractivity contribution in [2.45, 2.75) is 17.3 Å². The summed E-state index contributed by atoms with van der Waals surface area (Å²) < 4.78 is 7.31. The first-order valence-electron chi connectivity index (χ1n) is 9.97. The number of aromatic nitrogens is 3. The van der Waals surface area contributed by atoms with Gasteiger partial charge in [-0.3, -0.25) is 4.79 Å². The zero-order chi connectivity index (χ0) is 20.9. The van der Waals surface area contributed by atoms with Crippen LogP contribution in [0.15, 0.2) is 59.8 Å². The van der Waals surface area contributed by atoms with Gasteiger partial charge in [0.2, 0.25) is 5.91 Å². The highest BCUT2D eigenvalue weighted by molar-refractivity contribution is 8.00. The van der Waals surface area contributed by atoms with Crippen LogP contribution in [0, 0.1) is 0 Å². The average Bonchev–Trinajstić information content (AvgIpc) is 3.15. The molecule has 2 heterocycles. The van der Waals surface area contributed by atoms with E-state index in [4.69, 9.17) is 4.74 Å². The third-order valence-corrected chi connectivity index (χ3v) is 6.16. The van der Waals surface area contributed by atoms with Gasteiger partial charge in [-0.25, -0.2) is 0 Å². The molecule has 1 amide bonds. The molecule has 8 heteroatoms. The lowest BCUT2D eigenvalue weighted by Crippen LogP contribution is -2.36. The maximum Gasteiger partial charge on any atom is 0.237 e. The van der Waals surface area contributed by atoms with Gasteiger partial charge in [0.25, 0.3) is 0 Å². The zero-order valence-electron chi connectivity index (χ0n) is 17.1. The molecule has 7 nitrogen and oxygen atoms in total. The number of amides is 1. The van der Waals surface area contributed by atoms with E-state index in [9.17, 15) is 4.79 Å². The van der Waals surface area contributed by atoms with E-state index in [2.05, 4.69) is 20.4 Å². The Morgan fingerprint density at radius 3 is 2.47 bits per heavy atom. The van der Waals surface area contributed by atoms with Crippen LogP contribution in [-0.4, -0.2) is 52.2 Å². The highest BCUT2D eigenvalue weighted by Crippen LogP contribution is 2.26. The van der Waals surface area contributed by atoms with E-state index in [1.807, 2.05) is 73.1 Å². The van der Waals surface area contributed by atoms with Gasteiger partial charge < -0.3 is 19.5 Å². The number of carbonyl (C=O) groups is 1. The van der Waals surface area contributed by atoms with E-state index in [1.165, 1.54) is 11.8 Å². The van der Waals surface area contributed by atoms with Gasteiger partial charge in [-0.15, -0.1) is 10.2 Å². The largest absolute Gasteiger partial charge is 0.378 e. The molecule has 0 unspecified atom stereocenters. The molecule has 30 heavy (non-hydrogen) atoms. The summed E-state index contributed by atoms with van der Waals surface area (Å²) in [5, 5.41) is 11.9. The second kappa shape index (κ2) is 9.32. The number of morpholine rings is 1. The summed E-state index contributed by atoms with van der Waals surface area (Å²) in [6.45, 7) is 5.16. The molecule has 4 rings (SSSR count). The second-order valence-electron chi connectivity index (χ2n) is 7.13. The molecule has 0 saturated carbocycles. The molecule has 1 aliphatic rings. The number of hydrogen-bond donors (Lipinski definition) is 1. The summed E-state index contributed by atoms with van der Waals surface area (Å²) in [4.78, 5) is 15.0. The van der Waals surface area contributed by atoms with Crippen LogP contribution in [0.4, 0.5) is 11.4 Å². The fraction of sp³-hybridized carbons (Fsp3) is 0.318. The molecule has 1 atom stereocenters. The number of nitrogens with one attached hydrogen (secondary N) is 1. The monoisotopic (exact) mass is 423 g/mol. The minimum atomic E-state index is -0.310. The van der Waals surface area contributed by atoms with Crippen molar-refractivity contribution in [2.24, 2.45) is 7.05 Å². The highest BCUT2D eigenvalue weighted by Gasteiger charge is 2.20. The Morgan fingerprint density at radius 2 is 1.77 bits per heavy atom. The van der Waals surface area contributed by atoms with Crippen LogP contribution in [0.2, 0.25) is 0 Å². The summed E-state index contributed by atoms with van der Waals surface area (Å²) >= 11 is 1.39. The molecule has 2 aromatic carbocycles. The van der Waals surface area contributed by atoms with Gasteiger partial charge in [-0.2, -0.15) is 0 Å². The summed E-state index contributed by atoms with van der Waals surface area (Å²) in [5.74, 6) is 0.716. The van der Waals surface area contributed by atoms with Crippen molar-refractivity contribution in [1.29, 1.82) is 0 Å². The van der Waals surface area contributed by atoms with Crippen molar-refractivity contribution >= 4 is 29.0 Å². The number of rotatable bonds is 6. The molecule has 1 aliphatic heterocycles. The van der Waals surface area contributed by atoms with Gasteiger partial charge in [0.05, 0.1) is 18.5 Å². The van der Waals surface area contributed by atoms with Crippen LogP contribution < -0.4 is 10.2 Å². The number of benzene rings is 2. The summed E-state index contributed by atoms with van der Waals surface area (Å²) in [5.41, 5.74) is 2.93. The van der Waals surface area contributed by atoms with Crippen LogP contribution in [-0.2, 0) is 16.6 Å². The van der Waals surface area contributed by atoms with Crippen molar-refractivity contribution in [3.05, 3.63) is 54.6 Å². The average molecular weight is 424 g/mol. The van der Waals surface area contributed by atoms with Crippen molar-refractivity contribution in [2.75, 3.05) is 36.5 Å². The van der Waals surface area contributed by atoms with Crippen LogP contribution in [0.25, 0.3) is 11.4 Å². The normalized spacial score (nSPS) is 15.1. The van der Waals surface area contributed by atoms with Crippen molar-refractivity contribution in [3.63, 3.8) is 0 Å². The molecule has 156 valence electrons. The van der Waals surface area contributed by atoms with Crippen molar-refractivity contribution in [3.8, 4) is 11.4 Å². The molecule has 1 saturated heterocycles. The van der Waals surface area contributed by atoms with E-state index in [0.29, 0.717) is 5.16 Å². The van der Waals surface area contributed by atoms with Crippen molar-refractivity contribution in [1.82, 2.24) is 14.8 Å². The van der Waals surface area contributed by atoms with E-state index in [1.54, 1.807) is 0 Å². The zero-order valence-corrected chi connectivity index (χ0v) is 17.9.